The minimum Gasteiger partial charge on any atom is -0.497 e. The molecule has 0 fully saturated rings. The first-order valence-electron chi connectivity index (χ1n) is 8.91. The van der Waals surface area contributed by atoms with E-state index < -0.39 is 0 Å². The lowest BCUT2D eigenvalue weighted by Crippen LogP contribution is -2.41. The number of ether oxygens (including phenoxy) is 2. The Hall–Kier alpha value is -2.49. The van der Waals surface area contributed by atoms with Crippen molar-refractivity contribution in [1.82, 2.24) is 5.01 Å². The van der Waals surface area contributed by atoms with Crippen LogP contribution in [0.5, 0.6) is 11.5 Å². The van der Waals surface area contributed by atoms with Crippen molar-refractivity contribution in [2.45, 2.75) is 39.0 Å². The third-order valence-electron chi connectivity index (χ3n) is 4.87. The van der Waals surface area contributed by atoms with Gasteiger partial charge in [-0.2, -0.15) is 5.10 Å². The van der Waals surface area contributed by atoms with Crippen LogP contribution in [-0.4, -0.2) is 24.1 Å². The lowest BCUT2D eigenvalue weighted by Gasteiger charge is -2.38. The van der Waals surface area contributed by atoms with Gasteiger partial charge in [0.05, 0.1) is 18.9 Å². The molecule has 0 N–H and O–H groups in total. The van der Waals surface area contributed by atoms with Crippen LogP contribution in [-0.2, 0) is 0 Å². The first-order valence-corrected chi connectivity index (χ1v) is 8.91. The van der Waals surface area contributed by atoms with E-state index in [0.717, 1.165) is 35.6 Å². The smallest absolute Gasteiger partial charge is 0.188 e. The Balaban J connectivity index is 1.68. The topological polar surface area (TPSA) is 34.1 Å². The summed E-state index contributed by atoms with van der Waals surface area (Å²) in [5.74, 6) is 2.42. The van der Waals surface area contributed by atoms with Crippen molar-refractivity contribution in [3.8, 4) is 11.5 Å². The molecule has 0 radical (unpaired) electrons. The molecule has 0 spiro atoms. The van der Waals surface area contributed by atoms with Gasteiger partial charge in [0.1, 0.15) is 11.5 Å². The number of methoxy groups -OCH3 is 1. The zero-order valence-corrected chi connectivity index (χ0v) is 15.0. The molecule has 25 heavy (non-hydrogen) atoms. The molecule has 4 rings (SSSR count). The molecule has 2 aliphatic heterocycles. The third-order valence-corrected chi connectivity index (χ3v) is 4.87. The predicted molar refractivity (Wildman–Crippen MR) is 99.0 cm³/mol. The Morgan fingerprint density at radius 2 is 1.92 bits per heavy atom. The summed E-state index contributed by atoms with van der Waals surface area (Å²) in [7, 11) is 1.69. The quantitative estimate of drug-likeness (QED) is 0.817. The van der Waals surface area contributed by atoms with Crippen LogP contribution in [0, 0.1) is 5.92 Å². The number of nitrogens with zero attached hydrogens (tertiary/aromatic N) is 2. The fraction of sp³-hybridized carbons (Fsp3) is 0.381. The van der Waals surface area contributed by atoms with Crippen molar-refractivity contribution in [3.63, 3.8) is 0 Å². The van der Waals surface area contributed by atoms with E-state index in [9.17, 15) is 0 Å². The van der Waals surface area contributed by atoms with E-state index in [1.807, 2.05) is 18.2 Å². The highest BCUT2D eigenvalue weighted by Gasteiger charge is 2.40. The number of hydrogen-bond acceptors (Lipinski definition) is 4. The maximum atomic E-state index is 6.28. The Bertz CT molecular complexity index is 783. The molecule has 0 saturated heterocycles. The second-order valence-electron chi connectivity index (χ2n) is 7.12. The van der Waals surface area contributed by atoms with Crippen molar-refractivity contribution >= 4 is 5.71 Å². The van der Waals surface area contributed by atoms with Crippen molar-refractivity contribution in [2.24, 2.45) is 11.0 Å². The van der Waals surface area contributed by atoms with Crippen molar-refractivity contribution < 1.29 is 9.47 Å². The highest BCUT2D eigenvalue weighted by molar-refractivity contribution is 6.02. The highest BCUT2D eigenvalue weighted by atomic mass is 16.5. The molecule has 0 unspecified atom stereocenters. The average Bonchev–Trinajstić information content (AvgIpc) is 3.07. The Morgan fingerprint density at radius 3 is 2.64 bits per heavy atom. The molecule has 2 aliphatic rings. The summed E-state index contributed by atoms with van der Waals surface area (Å²) in [4.78, 5) is 0. The second-order valence-corrected chi connectivity index (χ2v) is 7.12. The first kappa shape index (κ1) is 16.0. The van der Waals surface area contributed by atoms with Crippen molar-refractivity contribution in [2.75, 3.05) is 7.11 Å². The van der Waals surface area contributed by atoms with Gasteiger partial charge in [0, 0.05) is 18.4 Å². The summed E-state index contributed by atoms with van der Waals surface area (Å²) in [5, 5.41) is 7.12. The maximum Gasteiger partial charge on any atom is 0.188 e. The van der Waals surface area contributed by atoms with E-state index >= 15 is 0 Å². The van der Waals surface area contributed by atoms with Crippen molar-refractivity contribution in [1.29, 1.82) is 0 Å². The monoisotopic (exact) mass is 336 g/mol. The summed E-state index contributed by atoms with van der Waals surface area (Å²) in [5.41, 5.74) is 3.49. The first-order chi connectivity index (χ1) is 12.2. The van der Waals surface area contributed by atoms with E-state index in [2.05, 4.69) is 49.2 Å². The van der Waals surface area contributed by atoms with E-state index in [1.165, 1.54) is 5.56 Å². The van der Waals surface area contributed by atoms with Gasteiger partial charge in [0.15, 0.2) is 6.23 Å². The van der Waals surface area contributed by atoms with Gasteiger partial charge >= 0.3 is 0 Å². The largest absolute Gasteiger partial charge is 0.497 e. The lowest BCUT2D eigenvalue weighted by molar-refractivity contribution is -0.0291. The molecule has 130 valence electrons. The Kier molecular flexibility index (Phi) is 4.12. The van der Waals surface area contributed by atoms with E-state index in [-0.39, 0.29) is 12.3 Å². The molecule has 0 amide bonds. The number of fused-ring (bicyclic) bond motifs is 3. The predicted octanol–water partition coefficient (Wildman–Crippen LogP) is 4.61. The third kappa shape index (κ3) is 2.97. The Morgan fingerprint density at radius 1 is 1.16 bits per heavy atom. The van der Waals surface area contributed by atoms with Crippen LogP contribution < -0.4 is 9.47 Å². The molecule has 0 aromatic heterocycles. The van der Waals surface area contributed by atoms with Crippen LogP contribution in [0.2, 0.25) is 0 Å². The molecule has 0 bridgehead atoms. The van der Waals surface area contributed by atoms with Crippen LogP contribution in [0.3, 0.4) is 0 Å². The zero-order chi connectivity index (χ0) is 17.4. The standard InChI is InChI=1S/C21H24N2O2/c1-14(2)12-21-23-19(17-6-4-5-7-20(17)25-21)13-18(22-23)15-8-10-16(24-3)11-9-15/h4-11,14,19,21H,12-13H2,1-3H3/t19-,21-/m1/s1. The van der Waals surface area contributed by atoms with Gasteiger partial charge in [-0.1, -0.05) is 32.0 Å². The molecule has 2 atom stereocenters. The molecule has 0 saturated carbocycles. The van der Waals surface area contributed by atoms with E-state index in [0.29, 0.717) is 5.92 Å². The van der Waals surface area contributed by atoms with Gasteiger partial charge in [-0.25, -0.2) is 0 Å². The molecule has 4 heteroatoms. The summed E-state index contributed by atoms with van der Waals surface area (Å²) in [6.45, 7) is 4.45. The fourth-order valence-electron chi connectivity index (χ4n) is 3.63. The number of para-hydroxylation sites is 1. The van der Waals surface area contributed by atoms with E-state index in [4.69, 9.17) is 14.6 Å². The summed E-state index contributed by atoms with van der Waals surface area (Å²) in [6.07, 6.45) is 1.86. The van der Waals surface area contributed by atoms with Crippen LogP contribution in [0.1, 0.15) is 43.9 Å². The summed E-state index contributed by atoms with van der Waals surface area (Å²) < 4.78 is 11.5. The molecule has 2 aromatic carbocycles. The minimum absolute atomic E-state index is 0.00403. The van der Waals surface area contributed by atoms with Crippen LogP contribution in [0.4, 0.5) is 0 Å². The van der Waals surface area contributed by atoms with Crippen LogP contribution in [0.15, 0.2) is 53.6 Å². The van der Waals surface area contributed by atoms with E-state index in [1.54, 1.807) is 7.11 Å². The van der Waals surface area contributed by atoms with Crippen LogP contribution in [0.25, 0.3) is 0 Å². The number of hydrogen-bond donors (Lipinski definition) is 0. The molecule has 2 heterocycles. The number of hydrazone groups is 1. The maximum absolute atomic E-state index is 6.28. The van der Waals surface area contributed by atoms with Gasteiger partial charge in [0.2, 0.25) is 0 Å². The summed E-state index contributed by atoms with van der Waals surface area (Å²) in [6, 6.07) is 16.8. The van der Waals surface area contributed by atoms with Gasteiger partial charge < -0.3 is 9.47 Å². The molecule has 2 aromatic rings. The van der Waals surface area contributed by atoms with Crippen molar-refractivity contribution in [3.05, 3.63) is 59.7 Å². The normalized spacial score (nSPS) is 21.4. The summed E-state index contributed by atoms with van der Waals surface area (Å²) >= 11 is 0. The molecule has 0 aliphatic carbocycles. The Labute approximate surface area is 149 Å². The van der Waals surface area contributed by atoms with Gasteiger partial charge in [-0.3, -0.25) is 5.01 Å². The lowest BCUT2D eigenvalue weighted by atomic mass is 9.95. The average molecular weight is 336 g/mol. The van der Waals surface area contributed by atoms with Gasteiger partial charge in [0.25, 0.3) is 0 Å². The van der Waals surface area contributed by atoms with Crippen LogP contribution >= 0.6 is 0 Å². The van der Waals surface area contributed by atoms with Gasteiger partial charge in [-0.15, -0.1) is 0 Å². The fourth-order valence-corrected chi connectivity index (χ4v) is 3.63. The number of benzene rings is 2. The SMILES string of the molecule is COc1ccc(C2=NN3[C@H](C2)c2ccccc2O[C@@H]3CC(C)C)cc1. The second kappa shape index (κ2) is 6.43. The zero-order valence-electron chi connectivity index (χ0n) is 15.0. The number of rotatable bonds is 4. The van der Waals surface area contributed by atoms with Gasteiger partial charge in [-0.05, 0) is 41.8 Å². The molecular weight excluding hydrogens is 312 g/mol. The minimum atomic E-state index is -0.00403. The molecular formula is C21H24N2O2. The molecule has 4 nitrogen and oxygen atoms in total. The highest BCUT2D eigenvalue weighted by Crippen LogP contribution is 2.44.